The second-order valence-electron chi connectivity index (χ2n) is 5.82. The van der Waals surface area contributed by atoms with Crippen molar-refractivity contribution >= 4 is 11.6 Å². The zero-order chi connectivity index (χ0) is 17.1. The Kier molecular flexibility index (Phi) is 4.92. The largest absolute Gasteiger partial charge is 0.303 e. The molecule has 2 aromatic heterocycles. The highest BCUT2D eigenvalue weighted by atomic mass is 35.5. The van der Waals surface area contributed by atoms with Crippen molar-refractivity contribution < 1.29 is 0 Å². The molecule has 1 atom stereocenters. The first-order valence-corrected chi connectivity index (χ1v) is 8.26. The van der Waals surface area contributed by atoms with Crippen LogP contribution < -0.4 is 5.32 Å². The number of aromatic nitrogens is 4. The van der Waals surface area contributed by atoms with E-state index in [2.05, 4.69) is 27.5 Å². The molecule has 0 aliphatic rings. The Hall–Kier alpha value is -2.24. The predicted molar refractivity (Wildman–Crippen MR) is 95.3 cm³/mol. The summed E-state index contributed by atoms with van der Waals surface area (Å²) in [6.45, 7) is 6.79. The Morgan fingerprint density at radius 1 is 1.12 bits per heavy atom. The van der Waals surface area contributed by atoms with Crippen LogP contribution in [0.4, 0.5) is 0 Å². The van der Waals surface area contributed by atoms with Crippen LogP contribution in [0.2, 0.25) is 5.02 Å². The summed E-state index contributed by atoms with van der Waals surface area (Å²) in [6.07, 6.45) is 0. The fourth-order valence-corrected chi connectivity index (χ4v) is 2.75. The minimum absolute atomic E-state index is 0.0772. The number of hydrogen-bond acceptors (Lipinski definition) is 4. The van der Waals surface area contributed by atoms with E-state index < -0.39 is 0 Å². The summed E-state index contributed by atoms with van der Waals surface area (Å²) in [5.41, 5.74) is 4.92. The van der Waals surface area contributed by atoms with Crippen molar-refractivity contribution in [3.63, 3.8) is 0 Å². The van der Waals surface area contributed by atoms with Crippen LogP contribution in [0, 0.1) is 13.8 Å². The van der Waals surface area contributed by atoms with E-state index in [4.69, 9.17) is 11.6 Å². The lowest BCUT2D eigenvalue weighted by atomic mass is 10.2. The monoisotopic (exact) mass is 341 g/mol. The summed E-state index contributed by atoms with van der Waals surface area (Å²) in [6, 6.07) is 13.7. The highest BCUT2D eigenvalue weighted by molar-refractivity contribution is 6.30. The Labute approximate surface area is 146 Å². The van der Waals surface area contributed by atoms with Crippen molar-refractivity contribution in [1.82, 2.24) is 25.3 Å². The van der Waals surface area contributed by atoms with Crippen LogP contribution in [0.3, 0.4) is 0 Å². The quantitative estimate of drug-likeness (QED) is 0.767. The molecule has 124 valence electrons. The van der Waals surface area contributed by atoms with Gasteiger partial charge in [0.25, 0.3) is 0 Å². The van der Waals surface area contributed by atoms with Crippen molar-refractivity contribution in [2.45, 2.75) is 33.4 Å². The van der Waals surface area contributed by atoms with Gasteiger partial charge in [-0.05, 0) is 57.2 Å². The fourth-order valence-electron chi connectivity index (χ4n) is 2.62. The first-order valence-electron chi connectivity index (χ1n) is 7.88. The number of hydrogen-bond donors (Lipinski definition) is 1. The van der Waals surface area contributed by atoms with Crippen LogP contribution >= 0.6 is 11.6 Å². The average molecular weight is 342 g/mol. The molecule has 0 saturated carbocycles. The van der Waals surface area contributed by atoms with E-state index in [-0.39, 0.29) is 6.04 Å². The molecule has 0 bridgehead atoms. The van der Waals surface area contributed by atoms with Crippen molar-refractivity contribution in [3.05, 3.63) is 70.3 Å². The molecule has 0 unspecified atom stereocenters. The lowest BCUT2D eigenvalue weighted by Crippen LogP contribution is -2.20. The second-order valence-corrected chi connectivity index (χ2v) is 6.26. The average Bonchev–Trinajstić information content (AvgIpc) is 2.95. The van der Waals surface area contributed by atoms with Gasteiger partial charge in [0.2, 0.25) is 0 Å². The second kappa shape index (κ2) is 7.11. The molecule has 0 aliphatic carbocycles. The van der Waals surface area contributed by atoms with Gasteiger partial charge in [-0.2, -0.15) is 0 Å². The molecule has 0 radical (unpaired) electrons. The number of rotatable bonds is 5. The highest BCUT2D eigenvalue weighted by Crippen LogP contribution is 2.19. The Balaban J connectivity index is 1.74. The topological polar surface area (TPSA) is 55.6 Å². The van der Waals surface area contributed by atoms with Gasteiger partial charge in [-0.3, -0.25) is 4.98 Å². The third-order valence-corrected chi connectivity index (χ3v) is 4.20. The van der Waals surface area contributed by atoms with Gasteiger partial charge in [0.05, 0.1) is 23.1 Å². The molecule has 1 N–H and O–H groups in total. The number of aryl methyl sites for hydroxylation is 1. The van der Waals surface area contributed by atoms with Gasteiger partial charge < -0.3 is 5.32 Å². The van der Waals surface area contributed by atoms with E-state index in [1.165, 1.54) is 0 Å². The summed E-state index contributed by atoms with van der Waals surface area (Å²) in [5.74, 6) is 0. The van der Waals surface area contributed by atoms with E-state index >= 15 is 0 Å². The summed E-state index contributed by atoms with van der Waals surface area (Å²) in [5, 5.41) is 12.8. The maximum atomic E-state index is 5.94. The van der Waals surface area contributed by atoms with Gasteiger partial charge >= 0.3 is 0 Å². The lowest BCUT2D eigenvalue weighted by Gasteiger charge is -2.12. The number of benzene rings is 1. The maximum Gasteiger partial charge on any atom is 0.103 e. The number of nitrogens with one attached hydrogen (secondary N) is 1. The SMILES string of the molecule is Cc1cccc(CN[C@@H](C)c2nnn(-c3ccc(Cl)cc3)c2C)n1. The first kappa shape index (κ1) is 16.6. The maximum absolute atomic E-state index is 5.94. The molecule has 5 nitrogen and oxygen atoms in total. The molecule has 0 fully saturated rings. The van der Waals surface area contributed by atoms with Crippen molar-refractivity contribution in [2.24, 2.45) is 0 Å². The number of pyridine rings is 1. The van der Waals surface area contributed by atoms with Gasteiger partial charge in [-0.25, -0.2) is 4.68 Å². The van der Waals surface area contributed by atoms with Gasteiger partial charge in [0.1, 0.15) is 5.69 Å². The van der Waals surface area contributed by atoms with Crippen LogP contribution in [0.5, 0.6) is 0 Å². The minimum atomic E-state index is 0.0772. The zero-order valence-corrected chi connectivity index (χ0v) is 14.7. The third kappa shape index (κ3) is 3.63. The van der Waals surface area contributed by atoms with Crippen LogP contribution in [0.25, 0.3) is 5.69 Å². The van der Waals surface area contributed by atoms with Gasteiger partial charge in [0.15, 0.2) is 0 Å². The molecule has 1 aromatic carbocycles. The lowest BCUT2D eigenvalue weighted by molar-refractivity contribution is 0.551. The zero-order valence-electron chi connectivity index (χ0n) is 14.0. The Morgan fingerprint density at radius 3 is 2.58 bits per heavy atom. The van der Waals surface area contributed by atoms with Gasteiger partial charge in [0, 0.05) is 17.3 Å². The van der Waals surface area contributed by atoms with Crippen LogP contribution in [0.15, 0.2) is 42.5 Å². The van der Waals surface area contributed by atoms with Crippen LogP contribution in [-0.4, -0.2) is 20.0 Å². The van der Waals surface area contributed by atoms with E-state index in [1.54, 1.807) is 0 Å². The van der Waals surface area contributed by atoms with Crippen LogP contribution in [-0.2, 0) is 6.54 Å². The molecule has 2 heterocycles. The van der Waals surface area contributed by atoms with E-state index in [0.717, 1.165) is 28.5 Å². The normalized spacial score (nSPS) is 12.3. The fraction of sp³-hybridized carbons (Fsp3) is 0.278. The first-order chi connectivity index (χ1) is 11.5. The standard InChI is InChI=1S/C18H20ClN5/c1-12-5-4-6-16(21-12)11-20-13(2)18-14(3)24(23-22-18)17-9-7-15(19)8-10-17/h4-10,13,20H,11H2,1-3H3/t13-/m0/s1. The number of nitrogens with zero attached hydrogens (tertiary/aromatic N) is 4. The van der Waals surface area contributed by atoms with Crippen molar-refractivity contribution in [3.8, 4) is 5.69 Å². The molecular weight excluding hydrogens is 322 g/mol. The molecule has 3 rings (SSSR count). The van der Waals surface area contributed by atoms with Gasteiger partial charge in [-0.1, -0.05) is 22.9 Å². The molecule has 24 heavy (non-hydrogen) atoms. The van der Waals surface area contributed by atoms with E-state index in [0.29, 0.717) is 11.6 Å². The molecule has 6 heteroatoms. The Bertz CT molecular complexity index is 826. The summed E-state index contributed by atoms with van der Waals surface area (Å²) >= 11 is 5.94. The molecule has 0 aliphatic heterocycles. The van der Waals surface area contributed by atoms with E-state index in [9.17, 15) is 0 Å². The third-order valence-electron chi connectivity index (χ3n) is 3.95. The summed E-state index contributed by atoms with van der Waals surface area (Å²) in [4.78, 5) is 4.51. The van der Waals surface area contributed by atoms with Crippen LogP contribution in [0.1, 0.15) is 35.7 Å². The van der Waals surface area contributed by atoms with Crippen molar-refractivity contribution in [1.29, 1.82) is 0 Å². The van der Waals surface area contributed by atoms with E-state index in [1.807, 2.05) is 61.0 Å². The summed E-state index contributed by atoms with van der Waals surface area (Å²) in [7, 11) is 0. The molecule has 0 amide bonds. The van der Waals surface area contributed by atoms with Crippen molar-refractivity contribution in [2.75, 3.05) is 0 Å². The molecular formula is C18H20ClN5. The smallest absolute Gasteiger partial charge is 0.103 e. The molecule has 0 saturated heterocycles. The van der Waals surface area contributed by atoms with Gasteiger partial charge in [-0.15, -0.1) is 5.10 Å². The number of halogens is 1. The predicted octanol–water partition coefficient (Wildman–Crippen LogP) is 3.78. The molecule has 3 aromatic rings. The minimum Gasteiger partial charge on any atom is -0.303 e. The highest BCUT2D eigenvalue weighted by Gasteiger charge is 2.16. The summed E-state index contributed by atoms with van der Waals surface area (Å²) < 4.78 is 1.83. The molecule has 0 spiro atoms. The Morgan fingerprint density at radius 2 is 1.88 bits per heavy atom.